The highest BCUT2D eigenvalue weighted by Crippen LogP contribution is 2.20. The van der Waals surface area contributed by atoms with Crippen molar-refractivity contribution < 1.29 is 0 Å². The normalized spacial score (nSPS) is 24.4. The minimum absolute atomic E-state index is 0.757. The Labute approximate surface area is 124 Å². The van der Waals surface area contributed by atoms with Crippen molar-refractivity contribution in [3.63, 3.8) is 0 Å². The molecule has 2 atom stereocenters. The quantitative estimate of drug-likeness (QED) is 0.325. The molecule has 0 aromatic heterocycles. The van der Waals surface area contributed by atoms with Crippen LogP contribution in [0.4, 0.5) is 0 Å². The maximum Gasteiger partial charge on any atom is 0.191 e. The summed E-state index contributed by atoms with van der Waals surface area (Å²) in [6, 6.07) is 0. The second-order valence-electron chi connectivity index (χ2n) is 5.99. The van der Waals surface area contributed by atoms with E-state index in [2.05, 4.69) is 47.9 Å². The Morgan fingerprint density at radius 3 is 2.60 bits per heavy atom. The number of piperidine rings is 1. The van der Waals surface area contributed by atoms with E-state index in [4.69, 9.17) is 0 Å². The van der Waals surface area contributed by atoms with E-state index >= 15 is 0 Å². The molecule has 116 valence electrons. The average molecular weight is 280 g/mol. The van der Waals surface area contributed by atoms with E-state index in [-0.39, 0.29) is 0 Å². The Morgan fingerprint density at radius 1 is 1.30 bits per heavy atom. The zero-order chi connectivity index (χ0) is 14.8. The molecule has 1 fully saturated rings. The molecule has 0 amide bonds. The molecule has 2 unspecified atom stereocenters. The number of rotatable bonds is 7. The maximum atomic E-state index is 4.59. The number of aliphatic imine (C=N–C) groups is 1. The van der Waals surface area contributed by atoms with Crippen LogP contribution in [0.15, 0.2) is 17.6 Å². The van der Waals surface area contributed by atoms with Crippen LogP contribution in [0.1, 0.15) is 33.6 Å². The summed E-state index contributed by atoms with van der Waals surface area (Å²) in [6.07, 6.45) is 4.36. The molecule has 0 spiro atoms. The Morgan fingerprint density at radius 2 is 2.00 bits per heavy atom. The molecule has 20 heavy (non-hydrogen) atoms. The van der Waals surface area contributed by atoms with Gasteiger partial charge in [0.15, 0.2) is 5.96 Å². The van der Waals surface area contributed by atoms with Gasteiger partial charge < -0.3 is 15.5 Å². The zero-order valence-corrected chi connectivity index (χ0v) is 13.5. The second kappa shape index (κ2) is 9.81. The predicted octanol–water partition coefficient (Wildman–Crippen LogP) is 2.10. The fourth-order valence-corrected chi connectivity index (χ4v) is 2.97. The zero-order valence-electron chi connectivity index (χ0n) is 13.5. The molecule has 0 aliphatic carbocycles. The van der Waals surface area contributed by atoms with Crippen LogP contribution < -0.4 is 10.6 Å². The molecule has 2 N–H and O–H groups in total. The Hall–Kier alpha value is -1.03. The van der Waals surface area contributed by atoms with Gasteiger partial charge in [0, 0.05) is 32.7 Å². The number of likely N-dealkylation sites (tertiary alicyclic amines) is 1. The van der Waals surface area contributed by atoms with E-state index in [0.717, 1.165) is 43.9 Å². The Kier molecular flexibility index (Phi) is 8.35. The van der Waals surface area contributed by atoms with Crippen LogP contribution >= 0.6 is 0 Å². The second-order valence-corrected chi connectivity index (χ2v) is 5.99. The SMILES string of the molecule is C=CCNC(=NCCCN1CC(C)CC(C)C1)NCC. The van der Waals surface area contributed by atoms with Gasteiger partial charge in [-0.25, -0.2) is 0 Å². The lowest BCUT2D eigenvalue weighted by molar-refractivity contribution is 0.140. The molecule has 1 aliphatic rings. The molecule has 1 heterocycles. The first kappa shape index (κ1) is 17.0. The first-order chi connectivity index (χ1) is 9.65. The van der Waals surface area contributed by atoms with E-state index in [1.54, 1.807) is 0 Å². The average Bonchev–Trinajstić information content (AvgIpc) is 2.39. The number of guanidine groups is 1. The lowest BCUT2D eigenvalue weighted by atomic mass is 9.92. The minimum atomic E-state index is 0.757. The Bertz CT molecular complexity index is 291. The van der Waals surface area contributed by atoms with Crippen molar-refractivity contribution in [1.29, 1.82) is 0 Å². The smallest absolute Gasteiger partial charge is 0.191 e. The van der Waals surface area contributed by atoms with Crippen LogP contribution in [0.25, 0.3) is 0 Å². The van der Waals surface area contributed by atoms with Crippen molar-refractivity contribution in [2.45, 2.75) is 33.6 Å². The summed E-state index contributed by atoms with van der Waals surface area (Å²) >= 11 is 0. The topological polar surface area (TPSA) is 39.7 Å². The fraction of sp³-hybridized carbons (Fsp3) is 0.812. The molecule has 0 saturated carbocycles. The lowest BCUT2D eigenvalue weighted by Crippen LogP contribution is -2.39. The number of hydrogen-bond donors (Lipinski definition) is 2. The number of nitrogens with one attached hydrogen (secondary N) is 2. The van der Waals surface area contributed by atoms with Gasteiger partial charge >= 0.3 is 0 Å². The summed E-state index contributed by atoms with van der Waals surface area (Å²) in [7, 11) is 0. The van der Waals surface area contributed by atoms with Gasteiger partial charge in [-0.15, -0.1) is 6.58 Å². The molecular formula is C16H32N4. The van der Waals surface area contributed by atoms with Crippen molar-refractivity contribution in [2.75, 3.05) is 39.3 Å². The van der Waals surface area contributed by atoms with Crippen molar-refractivity contribution >= 4 is 5.96 Å². The maximum absolute atomic E-state index is 4.59. The van der Waals surface area contributed by atoms with Gasteiger partial charge in [-0.2, -0.15) is 0 Å². The summed E-state index contributed by atoms with van der Waals surface area (Å²) in [6.45, 7) is 16.7. The van der Waals surface area contributed by atoms with Crippen molar-refractivity contribution in [1.82, 2.24) is 15.5 Å². The molecule has 1 aliphatic heterocycles. The summed E-state index contributed by atoms with van der Waals surface area (Å²) < 4.78 is 0. The molecule has 1 rings (SSSR count). The number of hydrogen-bond acceptors (Lipinski definition) is 2. The van der Waals surface area contributed by atoms with E-state index in [9.17, 15) is 0 Å². The molecule has 0 aromatic rings. The van der Waals surface area contributed by atoms with Gasteiger partial charge in [0.05, 0.1) is 0 Å². The van der Waals surface area contributed by atoms with Crippen LogP contribution in [0, 0.1) is 11.8 Å². The monoisotopic (exact) mass is 280 g/mol. The van der Waals surface area contributed by atoms with E-state index in [1.165, 1.54) is 26.1 Å². The summed E-state index contributed by atoms with van der Waals surface area (Å²) in [4.78, 5) is 7.19. The van der Waals surface area contributed by atoms with Crippen molar-refractivity contribution in [2.24, 2.45) is 16.8 Å². The highest BCUT2D eigenvalue weighted by atomic mass is 15.2. The lowest BCUT2D eigenvalue weighted by Gasteiger charge is -2.34. The van der Waals surface area contributed by atoms with Gasteiger partial charge in [-0.3, -0.25) is 4.99 Å². The molecule has 0 bridgehead atoms. The molecular weight excluding hydrogens is 248 g/mol. The van der Waals surface area contributed by atoms with Gasteiger partial charge in [0.1, 0.15) is 0 Å². The largest absolute Gasteiger partial charge is 0.357 e. The third kappa shape index (κ3) is 6.94. The van der Waals surface area contributed by atoms with E-state index in [0.29, 0.717) is 0 Å². The number of nitrogens with zero attached hydrogens (tertiary/aromatic N) is 2. The fourth-order valence-electron chi connectivity index (χ4n) is 2.97. The molecule has 4 heteroatoms. The third-order valence-corrected chi connectivity index (χ3v) is 3.60. The van der Waals surface area contributed by atoms with Crippen molar-refractivity contribution in [3.8, 4) is 0 Å². The van der Waals surface area contributed by atoms with Gasteiger partial charge in [0.25, 0.3) is 0 Å². The third-order valence-electron chi connectivity index (χ3n) is 3.60. The predicted molar refractivity (Wildman–Crippen MR) is 88.2 cm³/mol. The Balaban J connectivity index is 2.25. The van der Waals surface area contributed by atoms with Crippen LogP contribution in [-0.4, -0.2) is 50.1 Å². The van der Waals surface area contributed by atoms with Crippen LogP contribution in [0.5, 0.6) is 0 Å². The van der Waals surface area contributed by atoms with Gasteiger partial charge in [-0.1, -0.05) is 19.9 Å². The van der Waals surface area contributed by atoms with Gasteiger partial charge in [-0.05, 0) is 38.1 Å². The summed E-state index contributed by atoms with van der Waals surface area (Å²) in [5.41, 5.74) is 0. The standard InChI is InChI=1S/C16H32N4/c1-5-8-18-16(17-6-2)19-9-7-10-20-12-14(3)11-15(4)13-20/h5,14-15H,1,6-13H2,2-4H3,(H2,17,18,19). The van der Waals surface area contributed by atoms with Crippen LogP contribution in [0.3, 0.4) is 0 Å². The molecule has 4 nitrogen and oxygen atoms in total. The van der Waals surface area contributed by atoms with Gasteiger partial charge in [0.2, 0.25) is 0 Å². The van der Waals surface area contributed by atoms with E-state index < -0.39 is 0 Å². The molecule has 1 saturated heterocycles. The highest BCUT2D eigenvalue weighted by molar-refractivity contribution is 5.79. The van der Waals surface area contributed by atoms with Crippen LogP contribution in [0.2, 0.25) is 0 Å². The summed E-state index contributed by atoms with van der Waals surface area (Å²) in [5, 5.41) is 6.48. The summed E-state index contributed by atoms with van der Waals surface area (Å²) in [5.74, 6) is 2.58. The molecule has 0 aromatic carbocycles. The molecule has 0 radical (unpaired) electrons. The van der Waals surface area contributed by atoms with E-state index in [1.807, 2.05) is 6.08 Å². The highest BCUT2D eigenvalue weighted by Gasteiger charge is 2.20. The van der Waals surface area contributed by atoms with Crippen LogP contribution in [-0.2, 0) is 0 Å². The van der Waals surface area contributed by atoms with Crippen molar-refractivity contribution in [3.05, 3.63) is 12.7 Å². The first-order valence-corrected chi connectivity index (χ1v) is 8.01. The minimum Gasteiger partial charge on any atom is -0.357 e. The first-order valence-electron chi connectivity index (χ1n) is 8.01.